The molecular formula is C7H13N3O2. The number of aliphatic hydroxyl groups is 1. The van der Waals surface area contributed by atoms with Crippen LogP contribution in [0.25, 0.3) is 0 Å². The second kappa shape index (κ2) is 3.10. The van der Waals surface area contributed by atoms with Crippen LogP contribution in [0.3, 0.4) is 0 Å². The lowest BCUT2D eigenvalue weighted by molar-refractivity contribution is -0.126. The molecule has 0 radical (unpaired) electrons. The van der Waals surface area contributed by atoms with Gasteiger partial charge >= 0.3 is 0 Å². The number of nitrogens with one attached hydrogen (secondary N) is 1. The number of nitrogens with zero attached hydrogens (tertiary/aromatic N) is 1. The smallest absolute Gasteiger partial charge is 0.253 e. The first-order chi connectivity index (χ1) is 5.61. The van der Waals surface area contributed by atoms with Gasteiger partial charge in [0.25, 0.3) is 5.91 Å². The molecule has 0 aromatic rings. The van der Waals surface area contributed by atoms with Crippen LogP contribution in [0.5, 0.6) is 0 Å². The first-order valence-electron chi connectivity index (χ1n) is 3.86. The SMILES string of the molecule is CC1(CCCO)C(=O)NN=C1N. The molecule has 1 aliphatic rings. The first kappa shape index (κ1) is 8.99. The standard InChI is InChI=1S/C7H13N3O2/c1-7(3-2-4-11)5(8)9-10-6(7)12/h11H,2-4H2,1H3,(H2,8,9)(H,10,12). The predicted octanol–water partition coefficient (Wildman–Crippen LogP) is -0.833. The number of hydrogen-bond donors (Lipinski definition) is 3. The summed E-state index contributed by atoms with van der Waals surface area (Å²) in [6, 6.07) is 0. The molecular weight excluding hydrogens is 158 g/mol. The molecule has 0 aromatic carbocycles. The molecule has 1 atom stereocenters. The summed E-state index contributed by atoms with van der Waals surface area (Å²) in [5.74, 6) is 0.120. The van der Waals surface area contributed by atoms with Gasteiger partial charge in [0.05, 0.1) is 0 Å². The molecule has 1 heterocycles. The molecule has 4 N–H and O–H groups in total. The Labute approximate surface area is 70.6 Å². The number of nitrogens with two attached hydrogens (primary N) is 1. The van der Waals surface area contributed by atoms with Crippen molar-refractivity contribution in [3.63, 3.8) is 0 Å². The second-order valence-electron chi connectivity index (χ2n) is 3.10. The molecule has 0 fully saturated rings. The molecule has 0 aromatic heterocycles. The summed E-state index contributed by atoms with van der Waals surface area (Å²) in [7, 11) is 0. The van der Waals surface area contributed by atoms with E-state index >= 15 is 0 Å². The normalized spacial score (nSPS) is 28.5. The van der Waals surface area contributed by atoms with Crippen molar-refractivity contribution in [3.8, 4) is 0 Å². The van der Waals surface area contributed by atoms with Gasteiger partial charge in [0.15, 0.2) is 0 Å². The van der Waals surface area contributed by atoms with E-state index in [1.165, 1.54) is 0 Å². The lowest BCUT2D eigenvalue weighted by Crippen LogP contribution is -2.39. The van der Waals surface area contributed by atoms with E-state index in [0.29, 0.717) is 18.7 Å². The molecule has 12 heavy (non-hydrogen) atoms. The van der Waals surface area contributed by atoms with Gasteiger partial charge in [-0.05, 0) is 19.8 Å². The van der Waals surface area contributed by atoms with E-state index in [1.807, 2.05) is 0 Å². The third-order valence-electron chi connectivity index (χ3n) is 2.18. The highest BCUT2D eigenvalue weighted by Crippen LogP contribution is 2.26. The molecule has 1 aliphatic heterocycles. The van der Waals surface area contributed by atoms with Crippen molar-refractivity contribution in [2.24, 2.45) is 16.3 Å². The minimum absolute atomic E-state index is 0.0656. The van der Waals surface area contributed by atoms with Crippen molar-refractivity contribution in [2.75, 3.05) is 6.61 Å². The summed E-state index contributed by atoms with van der Waals surface area (Å²) in [5, 5.41) is 12.2. The monoisotopic (exact) mass is 171 g/mol. The zero-order chi connectivity index (χ0) is 9.19. The number of carbonyl (C=O) groups is 1. The Balaban J connectivity index is 2.67. The fraction of sp³-hybridized carbons (Fsp3) is 0.714. The molecule has 0 spiro atoms. The lowest BCUT2D eigenvalue weighted by Gasteiger charge is -2.19. The zero-order valence-corrected chi connectivity index (χ0v) is 7.00. The van der Waals surface area contributed by atoms with Crippen molar-refractivity contribution in [1.82, 2.24) is 5.43 Å². The fourth-order valence-electron chi connectivity index (χ4n) is 1.15. The molecule has 5 nitrogen and oxygen atoms in total. The van der Waals surface area contributed by atoms with Gasteiger partial charge in [-0.15, -0.1) is 0 Å². The summed E-state index contributed by atoms with van der Waals surface area (Å²) >= 11 is 0. The Hall–Kier alpha value is -1.10. The van der Waals surface area contributed by atoms with Gasteiger partial charge < -0.3 is 10.8 Å². The zero-order valence-electron chi connectivity index (χ0n) is 7.00. The van der Waals surface area contributed by atoms with Crippen LogP contribution in [0, 0.1) is 5.41 Å². The van der Waals surface area contributed by atoms with Crippen molar-refractivity contribution in [2.45, 2.75) is 19.8 Å². The van der Waals surface area contributed by atoms with Gasteiger partial charge in [0, 0.05) is 6.61 Å². The third kappa shape index (κ3) is 1.27. The maximum absolute atomic E-state index is 11.2. The van der Waals surface area contributed by atoms with Gasteiger partial charge in [-0.3, -0.25) is 4.79 Å². The molecule has 5 heteroatoms. The summed E-state index contributed by atoms with van der Waals surface area (Å²) in [4.78, 5) is 11.2. The topological polar surface area (TPSA) is 87.7 Å². The van der Waals surface area contributed by atoms with Gasteiger partial charge in [0.1, 0.15) is 11.3 Å². The molecule has 0 saturated carbocycles. The number of hydrogen-bond acceptors (Lipinski definition) is 4. The first-order valence-corrected chi connectivity index (χ1v) is 3.86. The second-order valence-corrected chi connectivity index (χ2v) is 3.10. The third-order valence-corrected chi connectivity index (χ3v) is 2.18. The predicted molar refractivity (Wildman–Crippen MR) is 44.2 cm³/mol. The summed E-state index contributed by atoms with van der Waals surface area (Å²) < 4.78 is 0. The van der Waals surface area contributed by atoms with E-state index in [1.54, 1.807) is 6.92 Å². The maximum Gasteiger partial charge on any atom is 0.253 e. The van der Waals surface area contributed by atoms with Crippen molar-refractivity contribution in [3.05, 3.63) is 0 Å². The molecule has 1 rings (SSSR count). The summed E-state index contributed by atoms with van der Waals surface area (Å²) in [6.07, 6.45) is 1.09. The average Bonchev–Trinajstić information content (AvgIpc) is 2.30. The Bertz CT molecular complexity index is 227. The van der Waals surface area contributed by atoms with Gasteiger partial charge in [-0.2, -0.15) is 5.10 Å². The molecule has 0 aliphatic carbocycles. The number of hydrazone groups is 1. The van der Waals surface area contributed by atoms with E-state index in [9.17, 15) is 4.79 Å². The van der Waals surface area contributed by atoms with Gasteiger partial charge in [-0.25, -0.2) is 5.43 Å². The largest absolute Gasteiger partial charge is 0.396 e. The number of amides is 1. The summed E-state index contributed by atoms with van der Waals surface area (Å²) in [5.41, 5.74) is 7.12. The molecule has 0 bridgehead atoms. The van der Waals surface area contributed by atoms with Crippen LogP contribution in [0.4, 0.5) is 0 Å². The number of carbonyl (C=O) groups excluding carboxylic acids is 1. The Morgan fingerprint density at radius 2 is 2.42 bits per heavy atom. The van der Waals surface area contributed by atoms with Crippen LogP contribution >= 0.6 is 0 Å². The summed E-state index contributed by atoms with van der Waals surface area (Å²) in [6.45, 7) is 1.79. The minimum atomic E-state index is -0.720. The van der Waals surface area contributed by atoms with Crippen LogP contribution in [0.1, 0.15) is 19.8 Å². The van der Waals surface area contributed by atoms with E-state index in [4.69, 9.17) is 10.8 Å². The molecule has 1 unspecified atom stereocenters. The van der Waals surface area contributed by atoms with Crippen LogP contribution < -0.4 is 11.2 Å². The van der Waals surface area contributed by atoms with E-state index in [0.717, 1.165) is 0 Å². The van der Waals surface area contributed by atoms with Crippen LogP contribution in [-0.4, -0.2) is 23.5 Å². The number of amidine groups is 1. The van der Waals surface area contributed by atoms with Crippen LogP contribution in [-0.2, 0) is 4.79 Å². The van der Waals surface area contributed by atoms with Crippen molar-refractivity contribution < 1.29 is 9.90 Å². The minimum Gasteiger partial charge on any atom is -0.396 e. The number of rotatable bonds is 3. The van der Waals surface area contributed by atoms with Crippen molar-refractivity contribution in [1.29, 1.82) is 0 Å². The van der Waals surface area contributed by atoms with Crippen LogP contribution in [0.2, 0.25) is 0 Å². The molecule has 1 amide bonds. The highest BCUT2D eigenvalue weighted by molar-refractivity contribution is 6.10. The van der Waals surface area contributed by atoms with Crippen molar-refractivity contribution >= 4 is 11.7 Å². The average molecular weight is 171 g/mol. The lowest BCUT2D eigenvalue weighted by atomic mass is 9.84. The van der Waals surface area contributed by atoms with E-state index in [2.05, 4.69) is 10.5 Å². The van der Waals surface area contributed by atoms with Gasteiger partial charge in [-0.1, -0.05) is 0 Å². The Kier molecular flexibility index (Phi) is 2.32. The van der Waals surface area contributed by atoms with Crippen LogP contribution in [0.15, 0.2) is 5.10 Å². The Morgan fingerprint density at radius 1 is 1.75 bits per heavy atom. The Morgan fingerprint density at radius 3 is 2.83 bits per heavy atom. The maximum atomic E-state index is 11.2. The van der Waals surface area contributed by atoms with Gasteiger partial charge in [0.2, 0.25) is 0 Å². The molecule has 68 valence electrons. The fourth-order valence-corrected chi connectivity index (χ4v) is 1.15. The highest BCUT2D eigenvalue weighted by Gasteiger charge is 2.41. The molecule has 0 saturated heterocycles. The van der Waals surface area contributed by atoms with E-state index in [-0.39, 0.29) is 12.5 Å². The quantitative estimate of drug-likeness (QED) is 0.517. The number of aliphatic hydroxyl groups excluding tert-OH is 1. The van der Waals surface area contributed by atoms with E-state index < -0.39 is 5.41 Å². The highest BCUT2D eigenvalue weighted by atomic mass is 16.3.